The van der Waals surface area contributed by atoms with Crippen molar-refractivity contribution >= 4 is 0 Å². The van der Waals surface area contributed by atoms with E-state index in [4.69, 9.17) is 10.5 Å². The van der Waals surface area contributed by atoms with E-state index >= 15 is 0 Å². The highest BCUT2D eigenvalue weighted by molar-refractivity contribution is 4.49. The average molecular weight is 202 g/mol. The molecule has 0 rings (SSSR count). The highest BCUT2D eigenvalue weighted by atomic mass is 16.5. The molecule has 3 heteroatoms. The van der Waals surface area contributed by atoms with Crippen LogP contribution in [0.1, 0.15) is 39.0 Å². The fourth-order valence-electron chi connectivity index (χ4n) is 1.17. The Kier molecular flexibility index (Phi) is 12.8. The van der Waals surface area contributed by atoms with Gasteiger partial charge in [0.05, 0.1) is 0 Å². The molecule has 0 bridgehead atoms. The highest BCUT2D eigenvalue weighted by Gasteiger charge is 1.89. The lowest BCUT2D eigenvalue weighted by Crippen LogP contribution is -2.19. The Morgan fingerprint density at radius 3 is 2.43 bits per heavy atom. The molecule has 0 aliphatic heterocycles. The molecular formula is C11H26N2O. The summed E-state index contributed by atoms with van der Waals surface area (Å²) >= 11 is 0. The summed E-state index contributed by atoms with van der Waals surface area (Å²) in [6.07, 6.45) is 5.83. The zero-order chi connectivity index (χ0) is 10.5. The van der Waals surface area contributed by atoms with Gasteiger partial charge >= 0.3 is 0 Å². The van der Waals surface area contributed by atoms with E-state index in [-0.39, 0.29) is 0 Å². The lowest BCUT2D eigenvalue weighted by molar-refractivity contribution is 0.129. The Balaban J connectivity index is 2.78. The van der Waals surface area contributed by atoms with Crippen molar-refractivity contribution in [2.75, 3.05) is 32.8 Å². The first kappa shape index (κ1) is 13.9. The summed E-state index contributed by atoms with van der Waals surface area (Å²) in [6.45, 7) is 6.96. The summed E-state index contributed by atoms with van der Waals surface area (Å²) < 4.78 is 5.44. The van der Waals surface area contributed by atoms with Crippen LogP contribution in [0, 0.1) is 0 Å². The second kappa shape index (κ2) is 12.9. The third-order valence-corrected chi connectivity index (χ3v) is 2.09. The molecule has 0 fully saturated rings. The quantitative estimate of drug-likeness (QED) is 0.499. The Bertz CT molecular complexity index is 87.3. The Labute approximate surface area is 88.4 Å². The van der Waals surface area contributed by atoms with Gasteiger partial charge < -0.3 is 15.8 Å². The highest BCUT2D eigenvalue weighted by Crippen LogP contribution is 1.89. The van der Waals surface area contributed by atoms with Crippen molar-refractivity contribution in [1.82, 2.24) is 5.32 Å². The zero-order valence-corrected chi connectivity index (χ0v) is 9.56. The largest absolute Gasteiger partial charge is 0.381 e. The van der Waals surface area contributed by atoms with Crippen LogP contribution < -0.4 is 11.1 Å². The minimum absolute atomic E-state index is 0.807. The van der Waals surface area contributed by atoms with Gasteiger partial charge in [0, 0.05) is 13.2 Å². The molecule has 0 amide bonds. The van der Waals surface area contributed by atoms with Crippen LogP contribution >= 0.6 is 0 Å². The lowest BCUT2D eigenvalue weighted by atomic mass is 10.3. The number of hydrogen-bond acceptors (Lipinski definition) is 3. The molecular weight excluding hydrogens is 176 g/mol. The van der Waals surface area contributed by atoms with Crippen LogP contribution in [0.15, 0.2) is 0 Å². The molecule has 0 spiro atoms. The van der Waals surface area contributed by atoms with E-state index in [9.17, 15) is 0 Å². The van der Waals surface area contributed by atoms with Crippen LogP contribution in [0.3, 0.4) is 0 Å². The summed E-state index contributed by atoms with van der Waals surface area (Å²) in [5.74, 6) is 0. The van der Waals surface area contributed by atoms with Crippen molar-refractivity contribution in [2.45, 2.75) is 39.0 Å². The number of nitrogens with one attached hydrogen (secondary N) is 1. The Hall–Kier alpha value is -0.120. The first-order valence-electron chi connectivity index (χ1n) is 5.90. The third-order valence-electron chi connectivity index (χ3n) is 2.09. The number of unbranched alkanes of at least 4 members (excludes halogenated alkanes) is 2. The molecule has 3 N–H and O–H groups in total. The van der Waals surface area contributed by atoms with Gasteiger partial charge in [-0.2, -0.15) is 0 Å². The fraction of sp³-hybridized carbons (Fsp3) is 1.00. The smallest absolute Gasteiger partial charge is 0.0478 e. The molecule has 0 saturated heterocycles. The van der Waals surface area contributed by atoms with Crippen LogP contribution in [0.4, 0.5) is 0 Å². The Morgan fingerprint density at radius 1 is 1.00 bits per heavy atom. The van der Waals surface area contributed by atoms with E-state index in [1.165, 1.54) is 19.3 Å². The van der Waals surface area contributed by atoms with Gasteiger partial charge in [0.2, 0.25) is 0 Å². The van der Waals surface area contributed by atoms with Crippen LogP contribution in [0.2, 0.25) is 0 Å². The van der Waals surface area contributed by atoms with Gasteiger partial charge in [-0.1, -0.05) is 13.3 Å². The molecule has 0 aromatic rings. The molecule has 0 radical (unpaired) electrons. The summed E-state index contributed by atoms with van der Waals surface area (Å²) in [7, 11) is 0. The van der Waals surface area contributed by atoms with Gasteiger partial charge in [0.15, 0.2) is 0 Å². The second-order valence-corrected chi connectivity index (χ2v) is 3.57. The minimum atomic E-state index is 0.807. The maximum absolute atomic E-state index is 5.44. The number of ether oxygens (including phenoxy) is 1. The fourth-order valence-corrected chi connectivity index (χ4v) is 1.17. The van der Waals surface area contributed by atoms with Gasteiger partial charge in [0.1, 0.15) is 0 Å². The van der Waals surface area contributed by atoms with E-state index in [1.54, 1.807) is 0 Å². The standard InChI is InChI=1S/C11H26N2O/c1-2-3-10-14-11-6-9-13-8-5-4-7-12/h13H,2-12H2,1H3. The summed E-state index contributed by atoms with van der Waals surface area (Å²) in [6, 6.07) is 0. The number of rotatable bonds is 11. The van der Waals surface area contributed by atoms with Gasteiger partial charge in [-0.3, -0.25) is 0 Å². The molecule has 0 saturated carbocycles. The van der Waals surface area contributed by atoms with Crippen LogP contribution in [-0.4, -0.2) is 32.8 Å². The van der Waals surface area contributed by atoms with Crippen LogP contribution in [-0.2, 0) is 4.74 Å². The third kappa shape index (κ3) is 11.9. The number of nitrogens with two attached hydrogens (primary N) is 1. The van der Waals surface area contributed by atoms with Crippen molar-refractivity contribution in [2.24, 2.45) is 5.73 Å². The van der Waals surface area contributed by atoms with Crippen LogP contribution in [0.5, 0.6) is 0 Å². The van der Waals surface area contributed by atoms with Crippen molar-refractivity contribution in [3.05, 3.63) is 0 Å². The maximum Gasteiger partial charge on any atom is 0.0478 e. The molecule has 0 aliphatic carbocycles. The summed E-state index contributed by atoms with van der Waals surface area (Å²) in [4.78, 5) is 0. The molecule has 86 valence electrons. The molecule has 0 unspecified atom stereocenters. The molecule has 0 aliphatic rings. The first-order valence-corrected chi connectivity index (χ1v) is 5.90. The predicted molar refractivity (Wildman–Crippen MR) is 61.5 cm³/mol. The molecule has 14 heavy (non-hydrogen) atoms. The SMILES string of the molecule is CCCCOCCCNCCCCN. The molecule has 3 nitrogen and oxygen atoms in total. The Morgan fingerprint density at radius 2 is 1.71 bits per heavy atom. The van der Waals surface area contributed by atoms with E-state index in [0.717, 1.165) is 45.7 Å². The predicted octanol–water partition coefficient (Wildman–Crippen LogP) is 1.52. The van der Waals surface area contributed by atoms with Crippen molar-refractivity contribution in [3.8, 4) is 0 Å². The maximum atomic E-state index is 5.44. The molecule has 0 aromatic heterocycles. The minimum Gasteiger partial charge on any atom is -0.381 e. The normalized spacial score (nSPS) is 10.7. The molecule has 0 heterocycles. The van der Waals surface area contributed by atoms with E-state index in [0.29, 0.717) is 0 Å². The second-order valence-electron chi connectivity index (χ2n) is 3.57. The van der Waals surface area contributed by atoms with Gasteiger partial charge in [0.25, 0.3) is 0 Å². The monoisotopic (exact) mass is 202 g/mol. The van der Waals surface area contributed by atoms with Gasteiger partial charge in [-0.05, 0) is 45.3 Å². The van der Waals surface area contributed by atoms with Gasteiger partial charge in [-0.25, -0.2) is 0 Å². The topological polar surface area (TPSA) is 47.3 Å². The average Bonchev–Trinajstić information content (AvgIpc) is 2.21. The summed E-state index contributed by atoms with van der Waals surface area (Å²) in [5, 5.41) is 3.38. The zero-order valence-electron chi connectivity index (χ0n) is 9.56. The summed E-state index contributed by atoms with van der Waals surface area (Å²) in [5.41, 5.74) is 5.39. The van der Waals surface area contributed by atoms with Crippen LogP contribution in [0.25, 0.3) is 0 Å². The first-order chi connectivity index (χ1) is 6.91. The number of hydrogen-bond donors (Lipinski definition) is 2. The molecule has 0 atom stereocenters. The van der Waals surface area contributed by atoms with Crippen molar-refractivity contribution < 1.29 is 4.74 Å². The van der Waals surface area contributed by atoms with E-state index in [1.807, 2.05) is 0 Å². The van der Waals surface area contributed by atoms with Crippen molar-refractivity contribution in [3.63, 3.8) is 0 Å². The van der Waals surface area contributed by atoms with E-state index in [2.05, 4.69) is 12.2 Å². The van der Waals surface area contributed by atoms with Gasteiger partial charge in [-0.15, -0.1) is 0 Å². The molecule has 0 aromatic carbocycles. The lowest BCUT2D eigenvalue weighted by Gasteiger charge is -2.05. The van der Waals surface area contributed by atoms with E-state index < -0.39 is 0 Å². The van der Waals surface area contributed by atoms with Crippen molar-refractivity contribution in [1.29, 1.82) is 0 Å².